The van der Waals surface area contributed by atoms with Crippen LogP contribution in [-0.4, -0.2) is 55.7 Å². The third kappa shape index (κ3) is 3.20. The minimum absolute atomic E-state index is 0.154. The largest absolute Gasteiger partial charge is 0.494 e. The average Bonchev–Trinajstić information content (AvgIpc) is 2.94. The first kappa shape index (κ1) is 14.8. The molecule has 0 aliphatic carbocycles. The number of nitrogens with two attached hydrogens (primary N) is 1. The Kier molecular flexibility index (Phi) is 4.42. The topological polar surface area (TPSA) is 41.7 Å². The van der Waals surface area contributed by atoms with Gasteiger partial charge in [0.1, 0.15) is 0 Å². The fraction of sp³-hybridized carbons (Fsp3) is 0.625. The molecule has 116 valence electrons. The Morgan fingerprint density at radius 1 is 1.38 bits per heavy atom. The van der Waals surface area contributed by atoms with Gasteiger partial charge in [0.25, 0.3) is 0 Å². The number of hydrogen-bond acceptors (Lipinski definition) is 4. The zero-order valence-corrected chi connectivity index (χ0v) is 12.6. The standard InChI is InChI=1S/C16H24FN3O/c1-21-16-5-4-12(9-14(16)17)15(18)11-19-7-8-20-6-2-3-13(20)10-19/h4-5,9,13,15H,2-3,6-8,10-11,18H2,1H3. The maximum atomic E-state index is 13.8. The lowest BCUT2D eigenvalue weighted by atomic mass is 10.1. The van der Waals surface area contributed by atoms with Crippen molar-refractivity contribution in [3.05, 3.63) is 29.6 Å². The summed E-state index contributed by atoms with van der Waals surface area (Å²) in [6.45, 7) is 5.31. The number of rotatable bonds is 4. The predicted molar refractivity (Wildman–Crippen MR) is 80.9 cm³/mol. The van der Waals surface area contributed by atoms with Gasteiger partial charge in [-0.1, -0.05) is 6.07 Å². The summed E-state index contributed by atoms with van der Waals surface area (Å²) in [5.41, 5.74) is 7.10. The molecule has 0 spiro atoms. The van der Waals surface area contributed by atoms with Crippen LogP contribution in [0.2, 0.25) is 0 Å². The molecule has 4 nitrogen and oxygen atoms in total. The molecule has 0 bridgehead atoms. The molecule has 2 unspecified atom stereocenters. The van der Waals surface area contributed by atoms with Crippen LogP contribution in [0, 0.1) is 5.82 Å². The van der Waals surface area contributed by atoms with E-state index in [2.05, 4.69) is 9.80 Å². The summed E-state index contributed by atoms with van der Waals surface area (Å²) in [7, 11) is 1.47. The van der Waals surface area contributed by atoms with Crippen LogP contribution < -0.4 is 10.5 Å². The number of fused-ring (bicyclic) bond motifs is 1. The molecule has 0 saturated carbocycles. The Hall–Kier alpha value is -1.17. The molecule has 2 atom stereocenters. The van der Waals surface area contributed by atoms with Crippen LogP contribution in [0.4, 0.5) is 4.39 Å². The quantitative estimate of drug-likeness (QED) is 0.916. The average molecular weight is 293 g/mol. The van der Waals surface area contributed by atoms with Gasteiger partial charge in [0.15, 0.2) is 11.6 Å². The van der Waals surface area contributed by atoms with Gasteiger partial charge in [-0.3, -0.25) is 9.80 Å². The van der Waals surface area contributed by atoms with Crippen LogP contribution in [0.5, 0.6) is 5.75 Å². The number of halogens is 1. The van der Waals surface area contributed by atoms with Crippen molar-refractivity contribution in [3.8, 4) is 5.75 Å². The number of methoxy groups -OCH3 is 1. The van der Waals surface area contributed by atoms with Crippen molar-refractivity contribution in [1.82, 2.24) is 9.80 Å². The highest BCUT2D eigenvalue weighted by Crippen LogP contribution is 2.24. The van der Waals surface area contributed by atoms with Gasteiger partial charge < -0.3 is 10.5 Å². The minimum atomic E-state index is -0.342. The molecule has 21 heavy (non-hydrogen) atoms. The molecule has 0 amide bonds. The maximum Gasteiger partial charge on any atom is 0.165 e. The van der Waals surface area contributed by atoms with E-state index in [0.717, 1.165) is 31.7 Å². The molecular weight excluding hydrogens is 269 g/mol. The first-order valence-corrected chi connectivity index (χ1v) is 7.73. The van der Waals surface area contributed by atoms with Crippen molar-refractivity contribution in [3.63, 3.8) is 0 Å². The molecule has 2 saturated heterocycles. The second kappa shape index (κ2) is 6.30. The van der Waals surface area contributed by atoms with Gasteiger partial charge >= 0.3 is 0 Å². The van der Waals surface area contributed by atoms with Gasteiger partial charge in [-0.15, -0.1) is 0 Å². The lowest BCUT2D eigenvalue weighted by Crippen LogP contribution is -2.51. The van der Waals surface area contributed by atoms with Gasteiger partial charge in [-0.05, 0) is 37.1 Å². The van der Waals surface area contributed by atoms with E-state index in [0.29, 0.717) is 6.04 Å². The first-order chi connectivity index (χ1) is 10.2. The van der Waals surface area contributed by atoms with Crippen LogP contribution in [0.1, 0.15) is 24.4 Å². The van der Waals surface area contributed by atoms with Crippen LogP contribution in [0.25, 0.3) is 0 Å². The number of piperazine rings is 1. The van der Waals surface area contributed by atoms with Crippen molar-refractivity contribution in [2.75, 3.05) is 39.8 Å². The number of ether oxygens (including phenoxy) is 1. The van der Waals surface area contributed by atoms with Crippen molar-refractivity contribution in [1.29, 1.82) is 0 Å². The molecule has 3 rings (SSSR count). The smallest absolute Gasteiger partial charge is 0.165 e. The number of benzene rings is 1. The minimum Gasteiger partial charge on any atom is -0.494 e. The highest BCUT2D eigenvalue weighted by atomic mass is 19.1. The van der Waals surface area contributed by atoms with E-state index in [1.807, 2.05) is 6.07 Å². The van der Waals surface area contributed by atoms with Crippen molar-refractivity contribution in [2.24, 2.45) is 5.73 Å². The maximum absolute atomic E-state index is 13.8. The third-order valence-electron chi connectivity index (χ3n) is 4.73. The molecular formula is C16H24FN3O. The molecule has 2 aliphatic rings. The molecule has 0 radical (unpaired) electrons. The normalized spacial score (nSPS) is 24.8. The fourth-order valence-electron chi connectivity index (χ4n) is 3.52. The molecule has 2 N–H and O–H groups in total. The Balaban J connectivity index is 1.60. The summed E-state index contributed by atoms with van der Waals surface area (Å²) in [5, 5.41) is 0. The van der Waals surface area contributed by atoms with Crippen molar-refractivity contribution < 1.29 is 9.13 Å². The molecule has 0 aromatic heterocycles. The summed E-state index contributed by atoms with van der Waals surface area (Å²) in [6.07, 6.45) is 2.61. The van der Waals surface area contributed by atoms with Gasteiger partial charge in [0.2, 0.25) is 0 Å². The second-order valence-corrected chi connectivity index (χ2v) is 6.09. The lowest BCUT2D eigenvalue weighted by molar-refractivity contribution is 0.0998. The highest BCUT2D eigenvalue weighted by Gasteiger charge is 2.31. The summed E-state index contributed by atoms with van der Waals surface area (Å²) in [5.74, 6) is -0.0726. The van der Waals surface area contributed by atoms with E-state index in [1.165, 1.54) is 32.6 Å². The van der Waals surface area contributed by atoms with E-state index in [1.54, 1.807) is 6.07 Å². The molecule has 1 aromatic rings. The van der Waals surface area contributed by atoms with Crippen LogP contribution in [-0.2, 0) is 0 Å². The Morgan fingerprint density at radius 2 is 2.24 bits per heavy atom. The van der Waals surface area contributed by atoms with E-state index in [4.69, 9.17) is 10.5 Å². The van der Waals surface area contributed by atoms with E-state index in [9.17, 15) is 4.39 Å². The molecule has 2 aliphatic heterocycles. The summed E-state index contributed by atoms with van der Waals surface area (Å²) < 4.78 is 18.7. The Bertz CT molecular complexity index is 496. The molecule has 5 heteroatoms. The highest BCUT2D eigenvalue weighted by molar-refractivity contribution is 5.31. The zero-order chi connectivity index (χ0) is 14.8. The SMILES string of the molecule is COc1ccc(C(N)CN2CCN3CCCC3C2)cc1F. The van der Waals surface area contributed by atoms with E-state index < -0.39 is 0 Å². The Labute approximate surface area is 125 Å². The van der Waals surface area contributed by atoms with Crippen LogP contribution in [0.3, 0.4) is 0 Å². The van der Waals surface area contributed by atoms with Gasteiger partial charge in [0, 0.05) is 38.3 Å². The number of hydrogen-bond donors (Lipinski definition) is 1. The zero-order valence-electron chi connectivity index (χ0n) is 12.6. The van der Waals surface area contributed by atoms with Gasteiger partial charge in [-0.25, -0.2) is 4.39 Å². The Morgan fingerprint density at radius 3 is 3.00 bits per heavy atom. The second-order valence-electron chi connectivity index (χ2n) is 6.09. The molecule has 1 aromatic carbocycles. The summed E-state index contributed by atoms with van der Waals surface area (Å²) in [6, 6.07) is 5.55. The van der Waals surface area contributed by atoms with Crippen LogP contribution >= 0.6 is 0 Å². The predicted octanol–water partition coefficient (Wildman–Crippen LogP) is 1.61. The molecule has 2 fully saturated rings. The summed E-state index contributed by atoms with van der Waals surface area (Å²) in [4.78, 5) is 4.99. The number of nitrogens with zero attached hydrogens (tertiary/aromatic N) is 2. The third-order valence-corrected chi connectivity index (χ3v) is 4.73. The van der Waals surface area contributed by atoms with Crippen molar-refractivity contribution >= 4 is 0 Å². The van der Waals surface area contributed by atoms with E-state index >= 15 is 0 Å². The van der Waals surface area contributed by atoms with Crippen molar-refractivity contribution in [2.45, 2.75) is 24.9 Å². The summed E-state index contributed by atoms with van der Waals surface area (Å²) >= 11 is 0. The first-order valence-electron chi connectivity index (χ1n) is 7.73. The van der Waals surface area contributed by atoms with Gasteiger partial charge in [0.05, 0.1) is 7.11 Å². The van der Waals surface area contributed by atoms with E-state index in [-0.39, 0.29) is 17.6 Å². The van der Waals surface area contributed by atoms with Gasteiger partial charge in [-0.2, -0.15) is 0 Å². The molecule has 2 heterocycles. The monoisotopic (exact) mass is 293 g/mol. The van der Waals surface area contributed by atoms with Crippen LogP contribution in [0.15, 0.2) is 18.2 Å². The lowest BCUT2D eigenvalue weighted by Gasteiger charge is -2.38. The fourth-order valence-corrected chi connectivity index (χ4v) is 3.52.